The summed E-state index contributed by atoms with van der Waals surface area (Å²) in [7, 11) is 0. The lowest BCUT2D eigenvalue weighted by Gasteiger charge is -2.15. The van der Waals surface area contributed by atoms with Crippen LogP contribution in [0.15, 0.2) is 24.3 Å². The van der Waals surface area contributed by atoms with Crippen LogP contribution in [0.25, 0.3) is 0 Å². The molecule has 0 saturated heterocycles. The normalized spacial score (nSPS) is 11.9. The minimum Gasteiger partial charge on any atom is -0.508 e. The first-order chi connectivity index (χ1) is 8.15. The Bertz CT molecular complexity index is 350. The largest absolute Gasteiger partial charge is 0.508 e. The number of ether oxygens (including phenoxy) is 1. The maximum Gasteiger partial charge on any atom is 0.407 e. The second-order valence-corrected chi connectivity index (χ2v) is 3.61. The summed E-state index contributed by atoms with van der Waals surface area (Å²) in [5.41, 5.74) is 0.915. The minimum absolute atomic E-state index is 0.167. The van der Waals surface area contributed by atoms with Crippen molar-refractivity contribution in [2.45, 2.75) is 19.4 Å². The molecule has 5 nitrogen and oxygen atoms in total. The van der Waals surface area contributed by atoms with Gasteiger partial charge in [0.2, 0.25) is 0 Å². The molecule has 0 spiro atoms. The van der Waals surface area contributed by atoms with Crippen LogP contribution in [0.4, 0.5) is 4.79 Å². The average Bonchev–Trinajstić information content (AvgIpc) is 2.31. The van der Waals surface area contributed by atoms with Crippen molar-refractivity contribution < 1.29 is 19.7 Å². The number of benzene rings is 1. The molecule has 0 aromatic heterocycles. The molecule has 94 valence electrons. The number of alkyl carbamates (subject to hydrolysis) is 1. The maximum atomic E-state index is 11.2. The van der Waals surface area contributed by atoms with Gasteiger partial charge in [-0.15, -0.1) is 0 Å². The first kappa shape index (κ1) is 13.3. The van der Waals surface area contributed by atoms with Crippen LogP contribution in [0, 0.1) is 0 Å². The van der Waals surface area contributed by atoms with Gasteiger partial charge in [0.15, 0.2) is 0 Å². The van der Waals surface area contributed by atoms with E-state index in [1.54, 1.807) is 31.2 Å². The highest BCUT2D eigenvalue weighted by Gasteiger charge is 2.12. The van der Waals surface area contributed by atoms with Crippen LogP contribution < -0.4 is 5.32 Å². The fourth-order valence-corrected chi connectivity index (χ4v) is 1.42. The van der Waals surface area contributed by atoms with E-state index >= 15 is 0 Å². The van der Waals surface area contributed by atoms with Gasteiger partial charge in [0.1, 0.15) is 5.75 Å². The Morgan fingerprint density at radius 2 is 2.06 bits per heavy atom. The van der Waals surface area contributed by atoms with Crippen LogP contribution in [-0.2, 0) is 11.2 Å². The van der Waals surface area contributed by atoms with Gasteiger partial charge in [-0.05, 0) is 31.0 Å². The fourth-order valence-electron chi connectivity index (χ4n) is 1.42. The number of carbonyl (C=O) groups excluding carboxylic acids is 1. The summed E-state index contributed by atoms with van der Waals surface area (Å²) in [5.74, 6) is 0.188. The standard InChI is InChI=1S/C12H17NO4/c1-2-17-12(16)13-10(8-14)7-9-3-5-11(15)6-4-9/h3-6,10,14-15H,2,7-8H2,1H3,(H,13,16). The summed E-state index contributed by atoms with van der Waals surface area (Å²) >= 11 is 0. The molecule has 0 fully saturated rings. The Hall–Kier alpha value is -1.75. The minimum atomic E-state index is -0.537. The molecule has 0 heterocycles. The van der Waals surface area contributed by atoms with Crippen molar-refractivity contribution in [2.75, 3.05) is 13.2 Å². The van der Waals surface area contributed by atoms with Crippen molar-refractivity contribution in [3.05, 3.63) is 29.8 Å². The van der Waals surface area contributed by atoms with Crippen LogP contribution in [0.3, 0.4) is 0 Å². The molecule has 0 aliphatic carbocycles. The molecule has 3 N–H and O–H groups in total. The van der Waals surface area contributed by atoms with Crippen molar-refractivity contribution in [1.29, 1.82) is 0 Å². The number of hydrogen-bond donors (Lipinski definition) is 3. The Labute approximate surface area is 100 Å². The van der Waals surface area contributed by atoms with Gasteiger partial charge in [0, 0.05) is 0 Å². The van der Waals surface area contributed by atoms with E-state index in [4.69, 9.17) is 14.9 Å². The molecule has 0 radical (unpaired) electrons. The fraction of sp³-hybridized carbons (Fsp3) is 0.417. The number of aromatic hydroxyl groups is 1. The summed E-state index contributed by atoms with van der Waals surface area (Å²) in [6.07, 6.45) is -0.0550. The van der Waals surface area contributed by atoms with Gasteiger partial charge in [0.05, 0.1) is 19.3 Å². The number of amides is 1. The van der Waals surface area contributed by atoms with Crippen molar-refractivity contribution in [3.63, 3.8) is 0 Å². The van der Waals surface area contributed by atoms with Crippen molar-refractivity contribution >= 4 is 6.09 Å². The van der Waals surface area contributed by atoms with Crippen molar-refractivity contribution in [3.8, 4) is 5.75 Å². The summed E-state index contributed by atoms with van der Waals surface area (Å²) in [4.78, 5) is 11.2. The van der Waals surface area contributed by atoms with E-state index in [2.05, 4.69) is 5.32 Å². The van der Waals surface area contributed by atoms with E-state index in [0.29, 0.717) is 13.0 Å². The summed E-state index contributed by atoms with van der Waals surface area (Å²) < 4.78 is 4.73. The van der Waals surface area contributed by atoms with Crippen LogP contribution in [0.2, 0.25) is 0 Å². The molecule has 1 atom stereocenters. The van der Waals surface area contributed by atoms with Gasteiger partial charge >= 0.3 is 6.09 Å². The summed E-state index contributed by atoms with van der Waals surface area (Å²) in [5, 5.41) is 20.8. The molecular formula is C12H17NO4. The Balaban J connectivity index is 2.51. The zero-order valence-corrected chi connectivity index (χ0v) is 9.72. The molecular weight excluding hydrogens is 222 g/mol. The van der Waals surface area contributed by atoms with Crippen molar-refractivity contribution in [1.82, 2.24) is 5.32 Å². The number of aliphatic hydroxyl groups is 1. The highest BCUT2D eigenvalue weighted by molar-refractivity contribution is 5.67. The molecule has 1 aromatic carbocycles. The summed E-state index contributed by atoms with van der Waals surface area (Å²) in [6.45, 7) is 1.84. The second-order valence-electron chi connectivity index (χ2n) is 3.61. The zero-order chi connectivity index (χ0) is 12.7. The van der Waals surface area contributed by atoms with Crippen LogP contribution in [0.5, 0.6) is 5.75 Å². The predicted octanol–water partition coefficient (Wildman–Crippen LogP) is 1.04. The van der Waals surface area contributed by atoms with Crippen LogP contribution in [-0.4, -0.2) is 35.6 Å². The van der Waals surface area contributed by atoms with E-state index in [1.807, 2.05) is 0 Å². The van der Waals surface area contributed by atoms with Crippen LogP contribution >= 0.6 is 0 Å². The molecule has 0 bridgehead atoms. The predicted molar refractivity (Wildman–Crippen MR) is 62.8 cm³/mol. The maximum absolute atomic E-state index is 11.2. The molecule has 1 amide bonds. The van der Waals surface area contributed by atoms with Crippen LogP contribution in [0.1, 0.15) is 12.5 Å². The lowest BCUT2D eigenvalue weighted by Crippen LogP contribution is -2.39. The SMILES string of the molecule is CCOC(=O)NC(CO)Cc1ccc(O)cc1. The van der Waals surface area contributed by atoms with Gasteiger partial charge in [-0.2, -0.15) is 0 Å². The van der Waals surface area contributed by atoms with Gasteiger partial charge in [-0.3, -0.25) is 0 Å². The van der Waals surface area contributed by atoms with Gasteiger partial charge in [-0.1, -0.05) is 12.1 Å². The molecule has 1 aromatic rings. The molecule has 17 heavy (non-hydrogen) atoms. The smallest absolute Gasteiger partial charge is 0.407 e. The number of nitrogens with one attached hydrogen (secondary N) is 1. The van der Waals surface area contributed by atoms with Gasteiger partial charge in [0.25, 0.3) is 0 Å². The average molecular weight is 239 g/mol. The topological polar surface area (TPSA) is 78.8 Å². The van der Waals surface area contributed by atoms with E-state index in [1.165, 1.54) is 0 Å². The molecule has 1 unspecified atom stereocenters. The molecule has 1 rings (SSSR count). The Kier molecular flexibility index (Phi) is 5.29. The number of hydrogen-bond acceptors (Lipinski definition) is 4. The molecule has 0 aliphatic rings. The zero-order valence-electron chi connectivity index (χ0n) is 9.72. The highest BCUT2D eigenvalue weighted by atomic mass is 16.5. The second kappa shape index (κ2) is 6.75. The first-order valence-corrected chi connectivity index (χ1v) is 5.47. The van der Waals surface area contributed by atoms with E-state index < -0.39 is 12.1 Å². The lowest BCUT2D eigenvalue weighted by molar-refractivity contribution is 0.140. The van der Waals surface area contributed by atoms with Gasteiger partial charge < -0.3 is 20.3 Å². The summed E-state index contributed by atoms with van der Waals surface area (Å²) in [6, 6.07) is 6.22. The van der Waals surface area contributed by atoms with E-state index in [9.17, 15) is 4.79 Å². The van der Waals surface area contributed by atoms with E-state index in [0.717, 1.165) is 5.56 Å². The lowest BCUT2D eigenvalue weighted by atomic mass is 10.1. The Morgan fingerprint density at radius 1 is 1.41 bits per heavy atom. The third kappa shape index (κ3) is 4.74. The number of phenolic OH excluding ortho intramolecular Hbond substituents is 1. The van der Waals surface area contributed by atoms with Gasteiger partial charge in [-0.25, -0.2) is 4.79 Å². The molecule has 0 aliphatic heterocycles. The molecule has 5 heteroatoms. The third-order valence-corrected chi connectivity index (χ3v) is 2.24. The molecule has 0 saturated carbocycles. The van der Waals surface area contributed by atoms with Crippen molar-refractivity contribution in [2.24, 2.45) is 0 Å². The van der Waals surface area contributed by atoms with E-state index in [-0.39, 0.29) is 12.4 Å². The number of phenols is 1. The monoisotopic (exact) mass is 239 g/mol. The quantitative estimate of drug-likeness (QED) is 0.717. The number of rotatable bonds is 5. The number of aliphatic hydroxyl groups excluding tert-OH is 1. The highest BCUT2D eigenvalue weighted by Crippen LogP contribution is 2.11. The third-order valence-electron chi connectivity index (χ3n) is 2.24. The first-order valence-electron chi connectivity index (χ1n) is 5.47. The Morgan fingerprint density at radius 3 is 2.59 bits per heavy atom. The number of carbonyl (C=O) groups is 1.